The molecule has 3 rings (SSSR count). The van der Waals surface area contributed by atoms with Gasteiger partial charge in [-0.25, -0.2) is 4.39 Å². The maximum Gasteiger partial charge on any atom is 0.191 e. The van der Waals surface area contributed by atoms with Crippen LogP contribution in [-0.4, -0.2) is 24.6 Å². The monoisotopic (exact) mass is 356 g/mol. The fourth-order valence-electron chi connectivity index (χ4n) is 2.55. The smallest absolute Gasteiger partial charge is 0.191 e. The zero-order valence-corrected chi connectivity index (χ0v) is 15.3. The summed E-state index contributed by atoms with van der Waals surface area (Å²) >= 11 is 0. The zero-order chi connectivity index (χ0) is 18.4. The second kappa shape index (κ2) is 8.65. The van der Waals surface area contributed by atoms with Gasteiger partial charge in [0.2, 0.25) is 0 Å². The number of nitrogens with zero attached hydrogens (tertiary/aromatic N) is 2. The highest BCUT2D eigenvalue weighted by Crippen LogP contribution is 2.30. The van der Waals surface area contributed by atoms with E-state index < -0.39 is 0 Å². The highest BCUT2D eigenvalue weighted by Gasteiger charge is 2.22. The summed E-state index contributed by atoms with van der Waals surface area (Å²) in [5, 5.41) is 6.33. The molecular weight excluding hydrogens is 331 g/mol. The molecule has 0 spiro atoms. The number of rotatable bonds is 7. The lowest BCUT2D eigenvalue weighted by Crippen LogP contribution is -2.36. The molecule has 1 aromatic carbocycles. The van der Waals surface area contributed by atoms with Gasteiger partial charge in [0.05, 0.1) is 18.8 Å². The maximum absolute atomic E-state index is 13.7. The first-order chi connectivity index (χ1) is 12.7. The number of benzene rings is 1. The lowest BCUT2D eigenvalue weighted by molar-refractivity contribution is 0.296. The van der Waals surface area contributed by atoms with Gasteiger partial charge in [0.25, 0.3) is 0 Å². The predicted octanol–water partition coefficient (Wildman–Crippen LogP) is 3.18. The lowest BCUT2D eigenvalue weighted by atomic mass is 10.1. The number of ether oxygens (including phenoxy) is 1. The number of pyridine rings is 1. The van der Waals surface area contributed by atoms with Crippen molar-refractivity contribution in [1.29, 1.82) is 0 Å². The Labute approximate surface area is 153 Å². The zero-order valence-electron chi connectivity index (χ0n) is 15.3. The quantitative estimate of drug-likeness (QED) is 0.591. The maximum atomic E-state index is 13.7. The average molecular weight is 356 g/mol. The van der Waals surface area contributed by atoms with E-state index in [0.29, 0.717) is 24.1 Å². The van der Waals surface area contributed by atoms with E-state index in [0.717, 1.165) is 17.9 Å². The summed E-state index contributed by atoms with van der Waals surface area (Å²) in [6.45, 7) is 3.68. The molecule has 138 valence electrons. The van der Waals surface area contributed by atoms with Gasteiger partial charge in [-0.15, -0.1) is 0 Å². The molecule has 0 amide bonds. The van der Waals surface area contributed by atoms with Crippen LogP contribution >= 0.6 is 0 Å². The third-order valence-electron chi connectivity index (χ3n) is 4.32. The summed E-state index contributed by atoms with van der Waals surface area (Å²) in [6.07, 6.45) is 4.10. The van der Waals surface area contributed by atoms with E-state index >= 15 is 0 Å². The van der Waals surface area contributed by atoms with Gasteiger partial charge in [-0.05, 0) is 49.4 Å². The fourth-order valence-corrected chi connectivity index (χ4v) is 2.55. The Balaban J connectivity index is 1.57. The van der Waals surface area contributed by atoms with Gasteiger partial charge in [0, 0.05) is 25.4 Å². The second-order valence-corrected chi connectivity index (χ2v) is 6.58. The molecule has 0 bridgehead atoms. The number of aromatic nitrogens is 1. The van der Waals surface area contributed by atoms with Crippen LogP contribution in [0.1, 0.15) is 29.7 Å². The number of nitrogens with one attached hydrogen (secondary N) is 2. The molecular formula is C20H25FN4O. The molecule has 2 N–H and O–H groups in total. The van der Waals surface area contributed by atoms with Crippen LogP contribution in [0.25, 0.3) is 0 Å². The summed E-state index contributed by atoms with van der Waals surface area (Å²) in [5.41, 5.74) is 2.61. The topological polar surface area (TPSA) is 58.5 Å². The Hall–Kier alpha value is -2.63. The fraction of sp³-hybridized carbons (Fsp3) is 0.400. The van der Waals surface area contributed by atoms with E-state index in [1.165, 1.54) is 24.5 Å². The Kier molecular flexibility index (Phi) is 6.04. The van der Waals surface area contributed by atoms with Crippen LogP contribution in [0.5, 0.6) is 5.75 Å². The van der Waals surface area contributed by atoms with Crippen LogP contribution in [0.3, 0.4) is 0 Å². The molecule has 1 saturated carbocycles. The van der Waals surface area contributed by atoms with Crippen LogP contribution in [0.15, 0.2) is 41.5 Å². The molecule has 2 aromatic rings. The molecule has 1 fully saturated rings. The number of hydrogen-bond donors (Lipinski definition) is 2. The minimum atomic E-state index is -0.329. The van der Waals surface area contributed by atoms with Gasteiger partial charge in [0.15, 0.2) is 5.96 Å². The highest BCUT2D eigenvalue weighted by atomic mass is 19.1. The minimum absolute atomic E-state index is 0.269. The van der Waals surface area contributed by atoms with E-state index in [2.05, 4.69) is 45.7 Å². The van der Waals surface area contributed by atoms with E-state index in [4.69, 9.17) is 4.74 Å². The van der Waals surface area contributed by atoms with Gasteiger partial charge in [-0.2, -0.15) is 0 Å². The molecule has 1 heterocycles. The van der Waals surface area contributed by atoms with Gasteiger partial charge in [-0.3, -0.25) is 9.98 Å². The number of guanidine groups is 1. The first-order valence-electron chi connectivity index (χ1n) is 8.92. The van der Waals surface area contributed by atoms with Crippen LogP contribution in [-0.2, 0) is 13.1 Å². The minimum Gasteiger partial charge on any atom is -0.493 e. The predicted molar refractivity (Wildman–Crippen MR) is 101 cm³/mol. The molecule has 1 aliphatic rings. The molecule has 1 aromatic heterocycles. The Bertz CT molecular complexity index is 774. The van der Waals surface area contributed by atoms with Gasteiger partial charge in [0.1, 0.15) is 11.6 Å². The summed E-state index contributed by atoms with van der Waals surface area (Å²) in [4.78, 5) is 8.22. The molecule has 0 aliphatic heterocycles. The van der Waals surface area contributed by atoms with Crippen LogP contribution < -0.4 is 15.4 Å². The molecule has 1 aliphatic carbocycles. The summed E-state index contributed by atoms with van der Waals surface area (Å²) < 4.78 is 19.7. The molecule has 6 heteroatoms. The van der Waals surface area contributed by atoms with Gasteiger partial charge >= 0.3 is 0 Å². The molecule has 0 saturated heterocycles. The van der Waals surface area contributed by atoms with Crippen molar-refractivity contribution in [1.82, 2.24) is 15.6 Å². The van der Waals surface area contributed by atoms with Crippen LogP contribution in [0.2, 0.25) is 0 Å². The van der Waals surface area contributed by atoms with Crippen molar-refractivity contribution in [3.63, 3.8) is 0 Å². The van der Waals surface area contributed by atoms with Crippen molar-refractivity contribution in [2.45, 2.75) is 32.9 Å². The average Bonchev–Trinajstić information content (AvgIpc) is 3.47. The molecule has 0 radical (unpaired) electrons. The van der Waals surface area contributed by atoms with Crippen molar-refractivity contribution in [2.75, 3.05) is 13.7 Å². The number of hydrogen-bond acceptors (Lipinski definition) is 3. The van der Waals surface area contributed by atoms with Crippen molar-refractivity contribution in [2.24, 2.45) is 10.9 Å². The number of halogens is 1. The summed E-state index contributed by atoms with van der Waals surface area (Å²) in [5.74, 6) is 1.88. The van der Waals surface area contributed by atoms with E-state index in [9.17, 15) is 4.39 Å². The Morgan fingerprint density at radius 3 is 2.81 bits per heavy atom. The van der Waals surface area contributed by atoms with Crippen molar-refractivity contribution in [3.8, 4) is 5.75 Å². The van der Waals surface area contributed by atoms with Crippen molar-refractivity contribution < 1.29 is 9.13 Å². The van der Waals surface area contributed by atoms with Gasteiger partial charge < -0.3 is 15.4 Å². The number of aryl methyl sites for hydroxylation is 1. The first-order valence-corrected chi connectivity index (χ1v) is 8.92. The van der Waals surface area contributed by atoms with Crippen molar-refractivity contribution in [3.05, 3.63) is 59.2 Å². The molecule has 5 nitrogen and oxygen atoms in total. The Morgan fingerprint density at radius 2 is 2.08 bits per heavy atom. The van der Waals surface area contributed by atoms with E-state index in [-0.39, 0.29) is 12.4 Å². The lowest BCUT2D eigenvalue weighted by Gasteiger charge is -2.15. The third-order valence-corrected chi connectivity index (χ3v) is 4.32. The first kappa shape index (κ1) is 18.2. The van der Waals surface area contributed by atoms with E-state index in [1.54, 1.807) is 19.3 Å². The van der Waals surface area contributed by atoms with Crippen LogP contribution in [0, 0.1) is 18.7 Å². The van der Waals surface area contributed by atoms with Crippen molar-refractivity contribution >= 4 is 5.96 Å². The molecule has 0 unspecified atom stereocenters. The summed E-state index contributed by atoms with van der Waals surface area (Å²) in [7, 11) is 1.68. The second-order valence-electron chi connectivity index (χ2n) is 6.58. The Morgan fingerprint density at radius 1 is 1.27 bits per heavy atom. The molecule has 26 heavy (non-hydrogen) atoms. The summed E-state index contributed by atoms with van der Waals surface area (Å²) in [6, 6.07) is 9.18. The van der Waals surface area contributed by atoms with Crippen LogP contribution in [0.4, 0.5) is 4.39 Å². The standard InChI is InChI=1S/C20H25FN4O/c1-14-5-8-16(19(10-14)26-13-15-6-7-15)11-24-20(22-2)25-12-18-17(21)4-3-9-23-18/h3-5,8-10,15H,6-7,11-13H2,1-2H3,(H2,22,24,25). The van der Waals surface area contributed by atoms with Gasteiger partial charge in [-0.1, -0.05) is 12.1 Å². The SMILES string of the molecule is CN=C(NCc1ccc(C)cc1OCC1CC1)NCc1ncccc1F. The van der Waals surface area contributed by atoms with E-state index in [1.807, 2.05) is 0 Å². The number of aliphatic imine (C=N–C) groups is 1. The normalized spacial score (nSPS) is 14.2. The third kappa shape index (κ3) is 5.18. The largest absolute Gasteiger partial charge is 0.493 e. The highest BCUT2D eigenvalue weighted by molar-refractivity contribution is 5.79. The molecule has 0 atom stereocenters.